The van der Waals surface area contributed by atoms with Gasteiger partial charge in [-0.05, 0) is 62.0 Å². The van der Waals surface area contributed by atoms with E-state index in [1.54, 1.807) is 10.8 Å². The zero-order chi connectivity index (χ0) is 37.6. The molecular weight excluding hydrogens is 705 g/mol. The zero-order valence-electron chi connectivity index (χ0n) is 31.0. The molecule has 0 unspecified atom stereocenters. The van der Waals surface area contributed by atoms with Gasteiger partial charge in [-0.1, -0.05) is 84.0 Å². The molecule has 0 aliphatic carbocycles. The van der Waals surface area contributed by atoms with Gasteiger partial charge in [0.15, 0.2) is 5.65 Å². The van der Waals surface area contributed by atoms with Crippen LogP contribution in [0.1, 0.15) is 84.0 Å². The maximum atomic E-state index is 14.1. The van der Waals surface area contributed by atoms with E-state index in [1.807, 2.05) is 42.3 Å². The number of carbonyl (C=O) groups excluding carboxylic acids is 1. The average molecular weight is 755 g/mol. The summed E-state index contributed by atoms with van der Waals surface area (Å²) in [6.07, 6.45) is 4.80. The van der Waals surface area contributed by atoms with Gasteiger partial charge < -0.3 is 9.80 Å². The minimum absolute atomic E-state index is 0.0306. The van der Waals surface area contributed by atoms with Crippen molar-refractivity contribution in [1.29, 1.82) is 0 Å². The predicted molar refractivity (Wildman–Crippen MR) is 213 cm³/mol. The lowest BCUT2D eigenvalue weighted by atomic mass is 9.94. The van der Waals surface area contributed by atoms with Crippen molar-refractivity contribution in [2.45, 2.75) is 85.9 Å². The Morgan fingerprint density at radius 2 is 1.67 bits per heavy atom. The standard InChI is InChI=1S/C38H48ClN7O2.CH2Cl2/c1-10-31(47)44-20-26(9)45(21-25(44)8)36-30-19-41-38(48)46(35-27(22-43(11-2)12-3)17-18-40-33(35)24(6)7)37(30)42-34(32(36)39)29-16-14-13-15-28(29)23(4)5;2-1-3/h10,13-19,23-26H,1,11-12,20-22H2,2-9H3;1H2/t25-,26+;/m1./s1. The van der Waals surface area contributed by atoms with Crippen LogP contribution in [-0.2, 0) is 11.3 Å². The monoisotopic (exact) mass is 753 g/mol. The van der Waals surface area contributed by atoms with E-state index in [0.29, 0.717) is 47.1 Å². The Labute approximate surface area is 317 Å². The maximum Gasteiger partial charge on any atom is 0.353 e. The number of aromatic nitrogens is 4. The first-order valence-electron chi connectivity index (χ1n) is 17.6. The molecule has 1 amide bonds. The van der Waals surface area contributed by atoms with Crippen LogP contribution in [0.4, 0.5) is 5.69 Å². The van der Waals surface area contributed by atoms with Gasteiger partial charge in [0.05, 0.1) is 38.5 Å². The molecule has 4 aromatic rings. The number of halogens is 3. The molecule has 0 bridgehead atoms. The van der Waals surface area contributed by atoms with Crippen LogP contribution in [0.15, 0.2) is 60.2 Å². The number of piperazine rings is 1. The molecule has 1 saturated heterocycles. The number of pyridine rings is 2. The van der Waals surface area contributed by atoms with Gasteiger partial charge >= 0.3 is 5.69 Å². The van der Waals surface area contributed by atoms with E-state index in [9.17, 15) is 9.59 Å². The molecule has 1 fully saturated rings. The Kier molecular flexibility index (Phi) is 14.1. The Balaban J connectivity index is 0.00000188. The van der Waals surface area contributed by atoms with Crippen molar-refractivity contribution >= 4 is 57.4 Å². The summed E-state index contributed by atoms with van der Waals surface area (Å²) in [5.41, 5.74) is 5.93. The van der Waals surface area contributed by atoms with Crippen molar-refractivity contribution in [3.8, 4) is 16.9 Å². The molecule has 1 aliphatic heterocycles. The zero-order valence-corrected chi connectivity index (χ0v) is 33.2. The Hall–Kier alpha value is -3.50. The number of anilines is 1. The van der Waals surface area contributed by atoms with Crippen LogP contribution in [0.2, 0.25) is 5.02 Å². The summed E-state index contributed by atoms with van der Waals surface area (Å²) in [6.45, 7) is 24.0. The predicted octanol–water partition coefficient (Wildman–Crippen LogP) is 8.62. The third-order valence-corrected chi connectivity index (χ3v) is 9.86. The lowest BCUT2D eigenvalue weighted by molar-refractivity contribution is -0.128. The van der Waals surface area contributed by atoms with Crippen LogP contribution in [-0.4, -0.2) is 78.8 Å². The van der Waals surface area contributed by atoms with Gasteiger partial charge in [-0.15, -0.1) is 23.2 Å². The number of rotatable bonds is 10. The molecule has 0 spiro atoms. The first-order chi connectivity index (χ1) is 24.3. The summed E-state index contributed by atoms with van der Waals surface area (Å²) >= 11 is 17.0. The van der Waals surface area contributed by atoms with Gasteiger partial charge in [0.25, 0.3) is 0 Å². The molecule has 0 N–H and O–H groups in total. The Morgan fingerprint density at radius 3 is 2.27 bits per heavy atom. The molecule has 0 saturated carbocycles. The number of hydrogen-bond donors (Lipinski definition) is 0. The number of alkyl halides is 2. The van der Waals surface area contributed by atoms with E-state index >= 15 is 0 Å². The van der Waals surface area contributed by atoms with Gasteiger partial charge in [0.1, 0.15) is 0 Å². The van der Waals surface area contributed by atoms with Crippen molar-refractivity contribution in [2.75, 3.05) is 36.4 Å². The molecule has 5 rings (SSSR count). The average Bonchev–Trinajstić information content (AvgIpc) is 3.11. The van der Waals surface area contributed by atoms with E-state index in [4.69, 9.17) is 44.8 Å². The summed E-state index contributed by atoms with van der Waals surface area (Å²) < 4.78 is 1.66. The Bertz CT molecular complexity index is 1910. The minimum Gasteiger partial charge on any atom is -0.363 e. The summed E-state index contributed by atoms with van der Waals surface area (Å²) in [7, 11) is 0. The molecule has 1 aromatic carbocycles. The molecule has 9 nitrogen and oxygen atoms in total. The van der Waals surface area contributed by atoms with Gasteiger partial charge in [-0.25, -0.2) is 19.3 Å². The van der Waals surface area contributed by atoms with E-state index < -0.39 is 5.69 Å². The first-order valence-corrected chi connectivity index (χ1v) is 19.0. The third-order valence-electron chi connectivity index (χ3n) is 9.50. The number of hydrogen-bond acceptors (Lipinski definition) is 7. The van der Waals surface area contributed by atoms with E-state index in [-0.39, 0.29) is 35.2 Å². The minimum atomic E-state index is -0.426. The SMILES string of the molecule is C=CC(=O)N1C[C@H](C)N(c2c(Cl)c(-c3ccccc3C(C)C)nc3c2cnc(=O)n3-c2c(CN(CC)CC)ccnc2C(C)C)C[C@H]1C.ClCCl. The number of fused-ring (bicyclic) bond motifs is 1. The van der Waals surface area contributed by atoms with E-state index in [1.165, 1.54) is 6.08 Å². The number of nitrogens with zero attached hydrogens (tertiary/aromatic N) is 7. The topological polar surface area (TPSA) is 87.5 Å². The van der Waals surface area contributed by atoms with Crippen LogP contribution in [0.5, 0.6) is 0 Å². The van der Waals surface area contributed by atoms with Crippen molar-refractivity contribution < 1.29 is 4.79 Å². The highest BCUT2D eigenvalue weighted by molar-refractivity contribution is 6.40. The van der Waals surface area contributed by atoms with Crippen LogP contribution in [0.3, 0.4) is 0 Å². The lowest BCUT2D eigenvalue weighted by Crippen LogP contribution is -2.58. The Morgan fingerprint density at radius 1 is 1.00 bits per heavy atom. The van der Waals surface area contributed by atoms with Crippen molar-refractivity contribution in [3.63, 3.8) is 0 Å². The number of benzene rings is 1. The summed E-state index contributed by atoms with van der Waals surface area (Å²) in [5.74, 6) is 0.139. The van der Waals surface area contributed by atoms with Crippen molar-refractivity contribution in [1.82, 2.24) is 29.3 Å². The van der Waals surface area contributed by atoms with Gasteiger partial charge in [0.2, 0.25) is 5.91 Å². The largest absolute Gasteiger partial charge is 0.363 e. The molecule has 274 valence electrons. The van der Waals surface area contributed by atoms with Crippen molar-refractivity contribution in [3.05, 3.63) is 87.7 Å². The molecule has 4 heterocycles. The molecule has 0 radical (unpaired) electrons. The number of carbonyl (C=O) groups is 1. The molecule has 12 heteroatoms. The normalized spacial score (nSPS) is 16.2. The van der Waals surface area contributed by atoms with Crippen molar-refractivity contribution in [2.24, 2.45) is 0 Å². The molecule has 51 heavy (non-hydrogen) atoms. The van der Waals surface area contributed by atoms with Gasteiger partial charge in [-0.2, -0.15) is 0 Å². The van der Waals surface area contributed by atoms with Crippen LogP contribution >= 0.6 is 34.8 Å². The highest BCUT2D eigenvalue weighted by Crippen LogP contribution is 2.43. The molecule has 3 aromatic heterocycles. The van der Waals surface area contributed by atoms with E-state index in [2.05, 4.69) is 75.9 Å². The van der Waals surface area contributed by atoms with Crippen LogP contribution in [0, 0.1) is 0 Å². The molecular formula is C39H50Cl3N7O2. The van der Waals surface area contributed by atoms with Crippen LogP contribution in [0.25, 0.3) is 28.0 Å². The first kappa shape index (κ1) is 40.3. The van der Waals surface area contributed by atoms with Crippen LogP contribution < -0.4 is 10.6 Å². The molecule has 2 atom stereocenters. The second kappa shape index (κ2) is 17.8. The fourth-order valence-electron chi connectivity index (χ4n) is 6.86. The van der Waals surface area contributed by atoms with Gasteiger partial charge in [0, 0.05) is 49.7 Å². The number of amides is 1. The van der Waals surface area contributed by atoms with E-state index in [0.717, 1.165) is 41.2 Å². The smallest absolute Gasteiger partial charge is 0.353 e. The fourth-order valence-corrected chi connectivity index (χ4v) is 7.21. The molecule has 1 aliphatic rings. The fraction of sp³-hybridized carbons (Fsp3) is 0.462. The summed E-state index contributed by atoms with van der Waals surface area (Å²) in [4.78, 5) is 47.8. The second-order valence-electron chi connectivity index (χ2n) is 13.4. The summed E-state index contributed by atoms with van der Waals surface area (Å²) in [6, 6.07) is 9.96. The second-order valence-corrected chi connectivity index (χ2v) is 14.6. The third kappa shape index (κ3) is 8.43. The highest BCUT2D eigenvalue weighted by Gasteiger charge is 2.35. The quantitative estimate of drug-likeness (QED) is 0.118. The van der Waals surface area contributed by atoms with Gasteiger partial charge in [-0.3, -0.25) is 14.7 Å². The highest BCUT2D eigenvalue weighted by atomic mass is 35.5. The maximum absolute atomic E-state index is 14.1. The lowest BCUT2D eigenvalue weighted by Gasteiger charge is -2.45. The summed E-state index contributed by atoms with van der Waals surface area (Å²) in [5, 5.41) is 1.35.